The van der Waals surface area contributed by atoms with Crippen molar-refractivity contribution in [3.63, 3.8) is 0 Å². The average molecular weight is 268 g/mol. The minimum atomic E-state index is -0.297. The lowest BCUT2D eigenvalue weighted by Gasteiger charge is -2.08. The van der Waals surface area contributed by atoms with E-state index in [0.29, 0.717) is 4.88 Å². The smallest absolute Gasteiger partial charge is 0.350 e. The number of thiazole rings is 1. The molecule has 1 heterocycles. The standard InChI is InChI=1S/C13H20N2O2S/c1-9-11(12(16)17-2)18-13(15-9)14-8-7-10-5-3-4-6-10/h10H,3-8H2,1-2H3,(H,14,15). The molecule has 1 aliphatic carbocycles. The lowest BCUT2D eigenvalue weighted by Crippen LogP contribution is -2.06. The summed E-state index contributed by atoms with van der Waals surface area (Å²) in [7, 11) is 1.40. The Morgan fingerprint density at radius 3 is 2.89 bits per heavy atom. The largest absolute Gasteiger partial charge is 0.465 e. The van der Waals surface area contributed by atoms with E-state index in [2.05, 4.69) is 10.3 Å². The van der Waals surface area contributed by atoms with Crippen molar-refractivity contribution >= 4 is 22.4 Å². The highest BCUT2D eigenvalue weighted by atomic mass is 32.1. The average Bonchev–Trinajstić information content (AvgIpc) is 2.98. The normalized spacial score (nSPS) is 15.9. The molecule has 5 heteroatoms. The first-order valence-corrected chi connectivity index (χ1v) is 7.32. The van der Waals surface area contributed by atoms with Crippen molar-refractivity contribution in [2.75, 3.05) is 19.0 Å². The number of hydrogen-bond donors (Lipinski definition) is 1. The molecule has 0 unspecified atom stereocenters. The van der Waals surface area contributed by atoms with Gasteiger partial charge < -0.3 is 10.1 Å². The molecule has 2 rings (SSSR count). The zero-order chi connectivity index (χ0) is 13.0. The number of carbonyl (C=O) groups is 1. The summed E-state index contributed by atoms with van der Waals surface area (Å²) >= 11 is 1.38. The third-order valence-corrected chi connectivity index (χ3v) is 4.57. The van der Waals surface area contributed by atoms with Gasteiger partial charge in [0.15, 0.2) is 5.13 Å². The number of aryl methyl sites for hydroxylation is 1. The number of aromatic nitrogens is 1. The maximum atomic E-state index is 11.5. The maximum Gasteiger partial charge on any atom is 0.350 e. The number of rotatable bonds is 5. The Balaban J connectivity index is 1.83. The fraction of sp³-hybridized carbons (Fsp3) is 0.692. The summed E-state index contributed by atoms with van der Waals surface area (Å²) < 4.78 is 4.72. The molecular weight excluding hydrogens is 248 g/mol. The van der Waals surface area contributed by atoms with E-state index in [-0.39, 0.29) is 5.97 Å². The molecular formula is C13H20N2O2S. The zero-order valence-electron chi connectivity index (χ0n) is 11.0. The van der Waals surface area contributed by atoms with E-state index in [1.54, 1.807) is 0 Å². The number of anilines is 1. The van der Waals surface area contributed by atoms with Gasteiger partial charge in [0, 0.05) is 6.54 Å². The quantitative estimate of drug-likeness (QED) is 0.833. The van der Waals surface area contributed by atoms with Crippen LogP contribution in [0.25, 0.3) is 0 Å². The first-order chi connectivity index (χ1) is 8.70. The molecule has 1 aromatic heterocycles. The maximum absolute atomic E-state index is 11.5. The first-order valence-electron chi connectivity index (χ1n) is 6.50. The molecule has 0 radical (unpaired) electrons. The first kappa shape index (κ1) is 13.3. The summed E-state index contributed by atoms with van der Waals surface area (Å²) in [6.45, 7) is 2.78. The van der Waals surface area contributed by atoms with Crippen LogP contribution in [0.15, 0.2) is 0 Å². The zero-order valence-corrected chi connectivity index (χ0v) is 11.8. The van der Waals surface area contributed by atoms with E-state index >= 15 is 0 Å². The molecule has 0 bridgehead atoms. The van der Waals surface area contributed by atoms with Gasteiger partial charge >= 0.3 is 5.97 Å². The monoisotopic (exact) mass is 268 g/mol. The molecule has 1 aromatic rings. The van der Waals surface area contributed by atoms with E-state index in [1.807, 2.05) is 6.92 Å². The van der Waals surface area contributed by atoms with E-state index in [0.717, 1.165) is 23.3 Å². The number of carbonyl (C=O) groups excluding carboxylic acids is 1. The molecule has 18 heavy (non-hydrogen) atoms. The van der Waals surface area contributed by atoms with E-state index in [9.17, 15) is 4.79 Å². The Morgan fingerprint density at radius 2 is 2.22 bits per heavy atom. The second-order valence-corrected chi connectivity index (χ2v) is 5.79. The van der Waals surface area contributed by atoms with Crippen LogP contribution in [-0.4, -0.2) is 24.6 Å². The minimum absolute atomic E-state index is 0.297. The van der Waals surface area contributed by atoms with Crippen LogP contribution >= 0.6 is 11.3 Å². The second kappa shape index (κ2) is 6.18. The predicted octanol–water partition coefficient (Wildman–Crippen LogP) is 3.23. The van der Waals surface area contributed by atoms with Crippen molar-refractivity contribution in [2.24, 2.45) is 5.92 Å². The molecule has 1 fully saturated rings. The SMILES string of the molecule is COC(=O)c1sc(NCCC2CCCC2)nc1C. The van der Waals surface area contributed by atoms with Gasteiger partial charge in [-0.05, 0) is 19.3 Å². The molecule has 100 valence electrons. The van der Waals surface area contributed by atoms with Crippen molar-refractivity contribution in [3.05, 3.63) is 10.6 Å². The summed E-state index contributed by atoms with van der Waals surface area (Å²) in [5, 5.41) is 4.14. The van der Waals surface area contributed by atoms with Crippen LogP contribution in [0.5, 0.6) is 0 Å². The Hall–Kier alpha value is -1.10. The van der Waals surface area contributed by atoms with E-state index in [1.165, 1.54) is 50.6 Å². The fourth-order valence-corrected chi connectivity index (χ4v) is 3.35. The van der Waals surface area contributed by atoms with E-state index in [4.69, 9.17) is 4.74 Å². The van der Waals surface area contributed by atoms with Crippen molar-refractivity contribution in [2.45, 2.75) is 39.0 Å². The van der Waals surface area contributed by atoms with Gasteiger partial charge in [-0.15, -0.1) is 0 Å². The van der Waals surface area contributed by atoms with Gasteiger partial charge in [0.25, 0.3) is 0 Å². The van der Waals surface area contributed by atoms with Crippen LogP contribution in [0.4, 0.5) is 5.13 Å². The highest BCUT2D eigenvalue weighted by molar-refractivity contribution is 7.17. The molecule has 0 aliphatic heterocycles. The van der Waals surface area contributed by atoms with Gasteiger partial charge in [-0.3, -0.25) is 0 Å². The summed E-state index contributed by atoms with van der Waals surface area (Å²) in [6.07, 6.45) is 6.70. The van der Waals surface area contributed by atoms with Crippen molar-refractivity contribution < 1.29 is 9.53 Å². The number of methoxy groups -OCH3 is 1. The second-order valence-electron chi connectivity index (χ2n) is 4.79. The van der Waals surface area contributed by atoms with Crippen LogP contribution in [0.3, 0.4) is 0 Å². The lowest BCUT2D eigenvalue weighted by atomic mass is 10.0. The highest BCUT2D eigenvalue weighted by Gasteiger charge is 2.17. The number of nitrogens with one attached hydrogen (secondary N) is 1. The highest BCUT2D eigenvalue weighted by Crippen LogP contribution is 2.28. The van der Waals surface area contributed by atoms with Crippen molar-refractivity contribution in [3.8, 4) is 0 Å². The number of nitrogens with zero attached hydrogens (tertiary/aromatic N) is 1. The summed E-state index contributed by atoms with van der Waals surface area (Å²) in [5.41, 5.74) is 0.746. The third-order valence-electron chi connectivity index (χ3n) is 3.47. The summed E-state index contributed by atoms with van der Waals surface area (Å²) in [5.74, 6) is 0.576. The Kier molecular flexibility index (Phi) is 4.58. The molecule has 4 nitrogen and oxygen atoms in total. The van der Waals surface area contributed by atoms with Crippen molar-refractivity contribution in [1.29, 1.82) is 0 Å². The Bertz CT molecular complexity index is 411. The van der Waals surface area contributed by atoms with Crippen LogP contribution in [-0.2, 0) is 4.74 Å². The number of esters is 1. The van der Waals surface area contributed by atoms with Gasteiger partial charge in [-0.2, -0.15) is 0 Å². The number of ether oxygens (including phenoxy) is 1. The molecule has 0 saturated heterocycles. The van der Waals surface area contributed by atoms with Gasteiger partial charge in [-0.25, -0.2) is 9.78 Å². The summed E-state index contributed by atoms with van der Waals surface area (Å²) in [4.78, 5) is 16.4. The molecule has 0 amide bonds. The Morgan fingerprint density at radius 1 is 1.50 bits per heavy atom. The summed E-state index contributed by atoms with van der Waals surface area (Å²) in [6, 6.07) is 0. The minimum Gasteiger partial charge on any atom is -0.465 e. The van der Waals surface area contributed by atoms with Crippen LogP contribution in [0.1, 0.15) is 47.5 Å². The molecule has 0 atom stereocenters. The third kappa shape index (κ3) is 3.22. The van der Waals surface area contributed by atoms with Crippen LogP contribution in [0.2, 0.25) is 0 Å². The fourth-order valence-electron chi connectivity index (χ4n) is 2.44. The molecule has 1 N–H and O–H groups in total. The van der Waals surface area contributed by atoms with Crippen LogP contribution < -0.4 is 5.32 Å². The lowest BCUT2D eigenvalue weighted by molar-refractivity contribution is 0.0605. The topological polar surface area (TPSA) is 51.2 Å². The molecule has 1 aliphatic rings. The Labute approximate surface area is 112 Å². The van der Waals surface area contributed by atoms with Gasteiger partial charge in [0.1, 0.15) is 4.88 Å². The number of hydrogen-bond acceptors (Lipinski definition) is 5. The van der Waals surface area contributed by atoms with Gasteiger partial charge in [0.05, 0.1) is 12.8 Å². The van der Waals surface area contributed by atoms with Gasteiger partial charge in [0.2, 0.25) is 0 Å². The van der Waals surface area contributed by atoms with E-state index < -0.39 is 0 Å². The van der Waals surface area contributed by atoms with Crippen molar-refractivity contribution in [1.82, 2.24) is 4.98 Å². The van der Waals surface area contributed by atoms with Gasteiger partial charge in [-0.1, -0.05) is 37.0 Å². The predicted molar refractivity (Wildman–Crippen MR) is 73.3 cm³/mol. The van der Waals surface area contributed by atoms with Crippen LogP contribution in [0, 0.1) is 12.8 Å². The molecule has 0 spiro atoms. The molecule has 0 aromatic carbocycles. The molecule has 1 saturated carbocycles.